The van der Waals surface area contributed by atoms with E-state index in [0.29, 0.717) is 12.1 Å². The van der Waals surface area contributed by atoms with Crippen molar-refractivity contribution in [3.05, 3.63) is 0 Å². The number of nitrogens with zero attached hydrogens (tertiary/aromatic N) is 2. The second-order valence-corrected chi connectivity index (χ2v) is 6.16. The topological polar surface area (TPSA) is 18.5 Å². The first kappa shape index (κ1) is 15.9. The maximum absolute atomic E-state index is 3.59. The van der Waals surface area contributed by atoms with Crippen LogP contribution < -0.4 is 5.32 Å². The summed E-state index contributed by atoms with van der Waals surface area (Å²) >= 11 is 0. The third-order valence-corrected chi connectivity index (χ3v) is 4.31. The van der Waals surface area contributed by atoms with Crippen molar-refractivity contribution in [2.45, 2.75) is 64.6 Å². The highest BCUT2D eigenvalue weighted by molar-refractivity contribution is 4.82. The van der Waals surface area contributed by atoms with Gasteiger partial charge in [-0.3, -0.25) is 4.90 Å². The highest BCUT2D eigenvalue weighted by Gasteiger charge is 2.24. The SMILES string of the molecule is CCCNC(C)CC(C)N(C)C1CCCN(C)C1. The summed E-state index contributed by atoms with van der Waals surface area (Å²) in [4.78, 5) is 5.07. The third kappa shape index (κ3) is 5.25. The molecule has 1 aliphatic heterocycles. The Morgan fingerprint density at radius 1 is 1.39 bits per heavy atom. The minimum atomic E-state index is 0.628. The van der Waals surface area contributed by atoms with Crippen LogP contribution in [0.15, 0.2) is 0 Å². The highest BCUT2D eigenvalue weighted by Crippen LogP contribution is 2.17. The van der Waals surface area contributed by atoms with Crippen LogP contribution in [0.1, 0.15) is 46.5 Å². The fourth-order valence-corrected chi connectivity index (χ4v) is 2.98. The monoisotopic (exact) mass is 255 g/mol. The smallest absolute Gasteiger partial charge is 0.0223 e. The molecule has 1 saturated heterocycles. The Bertz CT molecular complexity index is 220. The Labute approximate surface area is 114 Å². The van der Waals surface area contributed by atoms with Crippen LogP contribution in [0.4, 0.5) is 0 Å². The Morgan fingerprint density at radius 2 is 2.11 bits per heavy atom. The summed E-state index contributed by atoms with van der Waals surface area (Å²) in [7, 11) is 4.55. The fourth-order valence-electron chi connectivity index (χ4n) is 2.98. The number of likely N-dealkylation sites (tertiary alicyclic amines) is 1. The quantitative estimate of drug-likeness (QED) is 0.752. The van der Waals surface area contributed by atoms with Crippen molar-refractivity contribution >= 4 is 0 Å². The van der Waals surface area contributed by atoms with Crippen LogP contribution in [0.2, 0.25) is 0 Å². The van der Waals surface area contributed by atoms with E-state index in [0.717, 1.165) is 12.6 Å². The van der Waals surface area contributed by atoms with Crippen LogP contribution in [0.3, 0.4) is 0 Å². The standard InChI is InChI=1S/C15H33N3/c1-6-9-16-13(2)11-14(3)18(5)15-8-7-10-17(4)12-15/h13-16H,6-12H2,1-5H3. The molecule has 1 aliphatic rings. The maximum Gasteiger partial charge on any atom is 0.0223 e. The molecule has 0 radical (unpaired) electrons. The van der Waals surface area contributed by atoms with E-state index in [-0.39, 0.29) is 0 Å². The van der Waals surface area contributed by atoms with Gasteiger partial charge in [-0.2, -0.15) is 0 Å². The molecule has 0 aromatic heterocycles. The number of hydrogen-bond donors (Lipinski definition) is 1. The first-order chi connectivity index (χ1) is 8.54. The second-order valence-electron chi connectivity index (χ2n) is 6.16. The minimum Gasteiger partial charge on any atom is -0.314 e. The zero-order chi connectivity index (χ0) is 13.5. The van der Waals surface area contributed by atoms with Crippen LogP contribution >= 0.6 is 0 Å². The lowest BCUT2D eigenvalue weighted by Gasteiger charge is -2.39. The molecule has 1 rings (SSSR count). The fraction of sp³-hybridized carbons (Fsp3) is 1.00. The summed E-state index contributed by atoms with van der Waals surface area (Å²) in [6, 6.07) is 2.04. The minimum absolute atomic E-state index is 0.628. The molecule has 0 aromatic rings. The first-order valence-electron chi connectivity index (χ1n) is 7.68. The zero-order valence-electron chi connectivity index (χ0n) is 13.1. The van der Waals surface area contributed by atoms with E-state index >= 15 is 0 Å². The molecule has 108 valence electrons. The molecule has 1 fully saturated rings. The average Bonchev–Trinajstić information content (AvgIpc) is 2.35. The average molecular weight is 255 g/mol. The molecule has 0 amide bonds. The van der Waals surface area contributed by atoms with E-state index < -0.39 is 0 Å². The molecule has 0 aromatic carbocycles. The lowest BCUT2D eigenvalue weighted by atomic mass is 10.0. The van der Waals surface area contributed by atoms with Crippen molar-refractivity contribution in [1.82, 2.24) is 15.1 Å². The van der Waals surface area contributed by atoms with Crippen LogP contribution in [0, 0.1) is 0 Å². The van der Waals surface area contributed by atoms with Gasteiger partial charge in [0.2, 0.25) is 0 Å². The molecule has 1 heterocycles. The van der Waals surface area contributed by atoms with Gasteiger partial charge in [0.15, 0.2) is 0 Å². The summed E-state index contributed by atoms with van der Waals surface area (Å²) in [5.74, 6) is 0. The van der Waals surface area contributed by atoms with Gasteiger partial charge in [0, 0.05) is 24.7 Å². The molecule has 3 atom stereocenters. The van der Waals surface area contributed by atoms with E-state index in [1.54, 1.807) is 0 Å². The van der Waals surface area contributed by atoms with E-state index in [4.69, 9.17) is 0 Å². The number of likely N-dealkylation sites (N-methyl/N-ethyl adjacent to an activating group) is 2. The van der Waals surface area contributed by atoms with Crippen LogP contribution in [0.25, 0.3) is 0 Å². The van der Waals surface area contributed by atoms with E-state index in [2.05, 4.69) is 50.0 Å². The maximum atomic E-state index is 3.59. The lowest BCUT2D eigenvalue weighted by Crippen LogP contribution is -2.49. The van der Waals surface area contributed by atoms with Gasteiger partial charge >= 0.3 is 0 Å². The predicted molar refractivity (Wildman–Crippen MR) is 80.1 cm³/mol. The molecule has 0 saturated carbocycles. The van der Waals surface area contributed by atoms with Gasteiger partial charge in [-0.05, 0) is 66.7 Å². The Morgan fingerprint density at radius 3 is 2.72 bits per heavy atom. The van der Waals surface area contributed by atoms with Crippen molar-refractivity contribution in [1.29, 1.82) is 0 Å². The van der Waals surface area contributed by atoms with Crippen molar-refractivity contribution in [3.8, 4) is 0 Å². The third-order valence-electron chi connectivity index (χ3n) is 4.31. The molecule has 3 unspecified atom stereocenters. The van der Waals surface area contributed by atoms with Gasteiger partial charge in [0.25, 0.3) is 0 Å². The molecule has 0 aliphatic carbocycles. The van der Waals surface area contributed by atoms with E-state index in [9.17, 15) is 0 Å². The molecule has 3 nitrogen and oxygen atoms in total. The van der Waals surface area contributed by atoms with Gasteiger partial charge in [0.05, 0.1) is 0 Å². The van der Waals surface area contributed by atoms with Gasteiger partial charge < -0.3 is 10.2 Å². The molecule has 18 heavy (non-hydrogen) atoms. The summed E-state index contributed by atoms with van der Waals surface area (Å²) in [6.45, 7) is 10.6. The van der Waals surface area contributed by atoms with Crippen LogP contribution in [-0.4, -0.2) is 61.7 Å². The Balaban J connectivity index is 2.33. The summed E-state index contributed by atoms with van der Waals surface area (Å²) < 4.78 is 0. The molecular weight excluding hydrogens is 222 g/mol. The largest absolute Gasteiger partial charge is 0.314 e. The molecule has 3 heteroatoms. The number of hydrogen-bond acceptors (Lipinski definition) is 3. The van der Waals surface area contributed by atoms with Crippen molar-refractivity contribution in [2.75, 3.05) is 33.7 Å². The first-order valence-corrected chi connectivity index (χ1v) is 7.68. The summed E-state index contributed by atoms with van der Waals surface area (Å²) in [5.41, 5.74) is 0. The lowest BCUT2D eigenvalue weighted by molar-refractivity contribution is 0.0975. The summed E-state index contributed by atoms with van der Waals surface area (Å²) in [5, 5.41) is 3.59. The van der Waals surface area contributed by atoms with Gasteiger partial charge in [0.1, 0.15) is 0 Å². The van der Waals surface area contributed by atoms with Crippen molar-refractivity contribution in [3.63, 3.8) is 0 Å². The Hall–Kier alpha value is -0.120. The van der Waals surface area contributed by atoms with Gasteiger partial charge in [-0.15, -0.1) is 0 Å². The van der Waals surface area contributed by atoms with Crippen LogP contribution in [0.5, 0.6) is 0 Å². The van der Waals surface area contributed by atoms with Crippen molar-refractivity contribution in [2.24, 2.45) is 0 Å². The van der Waals surface area contributed by atoms with Gasteiger partial charge in [-0.1, -0.05) is 6.92 Å². The summed E-state index contributed by atoms with van der Waals surface area (Å²) in [6.07, 6.45) is 5.18. The number of piperidine rings is 1. The second kappa shape index (κ2) is 8.13. The highest BCUT2D eigenvalue weighted by atomic mass is 15.2. The zero-order valence-corrected chi connectivity index (χ0v) is 13.1. The van der Waals surface area contributed by atoms with Gasteiger partial charge in [-0.25, -0.2) is 0 Å². The Kier molecular flexibility index (Phi) is 7.20. The van der Waals surface area contributed by atoms with Crippen molar-refractivity contribution < 1.29 is 0 Å². The number of nitrogens with one attached hydrogen (secondary N) is 1. The molecule has 0 spiro atoms. The molecular formula is C15H33N3. The molecule has 0 bridgehead atoms. The molecule has 1 N–H and O–H groups in total. The van der Waals surface area contributed by atoms with Crippen LogP contribution in [-0.2, 0) is 0 Å². The predicted octanol–water partition coefficient (Wildman–Crippen LogP) is 2.18. The van der Waals surface area contributed by atoms with E-state index in [1.165, 1.54) is 38.8 Å². The normalized spacial score (nSPS) is 25.3. The van der Waals surface area contributed by atoms with E-state index in [1.807, 2.05) is 0 Å². The number of rotatable bonds is 7.